The van der Waals surface area contributed by atoms with Crippen LogP contribution in [0.3, 0.4) is 0 Å². The largest absolute Gasteiger partial charge is 0.465 e. The van der Waals surface area contributed by atoms with Gasteiger partial charge in [0.25, 0.3) is 11.8 Å². The number of aromatic amines is 2. The first-order valence-corrected chi connectivity index (χ1v) is 19.5. The van der Waals surface area contributed by atoms with Crippen LogP contribution >= 0.6 is 0 Å². The normalized spacial score (nSPS) is 17.3. The molecule has 8 rings (SSSR count). The first-order valence-electron chi connectivity index (χ1n) is 19.5. The quantitative estimate of drug-likeness (QED) is 0.0920. The molecule has 0 aliphatic carbocycles. The van der Waals surface area contributed by atoms with Crippen LogP contribution in [0, 0.1) is 0 Å². The molecule has 5 heterocycles. The van der Waals surface area contributed by atoms with Gasteiger partial charge in [-0.25, -0.2) is 19.6 Å². The Bertz CT molecular complexity index is 2420. The topological polar surface area (TPSA) is 199 Å². The first kappa shape index (κ1) is 38.6. The van der Waals surface area contributed by atoms with E-state index in [1.807, 2.05) is 72.8 Å². The van der Waals surface area contributed by atoms with E-state index in [0.29, 0.717) is 42.3 Å². The van der Waals surface area contributed by atoms with Crippen LogP contribution in [0.5, 0.6) is 0 Å². The van der Waals surface area contributed by atoms with Gasteiger partial charge in [-0.15, -0.1) is 0 Å². The van der Waals surface area contributed by atoms with E-state index in [2.05, 4.69) is 30.6 Å². The third-order valence-electron chi connectivity index (χ3n) is 10.9. The number of carboxylic acid groups (broad SMARTS) is 1. The third kappa shape index (κ3) is 8.26. The molecule has 6 aromatic rings. The Kier molecular flexibility index (Phi) is 11.2. The second kappa shape index (κ2) is 17.1. The molecule has 0 spiro atoms. The van der Waals surface area contributed by atoms with Crippen molar-refractivity contribution >= 4 is 24.0 Å². The second-order valence-corrected chi connectivity index (χ2v) is 14.5. The average molecular weight is 794 g/mol. The average Bonchev–Trinajstić information content (AvgIpc) is 4.12. The lowest BCUT2D eigenvalue weighted by atomic mass is 10.0. The SMILES string of the molecule is COC(=O)N[C@@H](C(=O)N1CCC[C@H]1c1ncc(-c2ccc(-c3ccc(-c4cnc([C@@H]5CCCN5C(=O)[C@H](NC(=O)O)c5ccccc5)[nH]4)cn3)cc2)[nH]1)c1ccccc1. The molecule has 2 fully saturated rings. The number of nitrogens with one attached hydrogen (secondary N) is 4. The molecule has 3 aromatic carbocycles. The summed E-state index contributed by atoms with van der Waals surface area (Å²) in [6.07, 6.45) is 6.33. The number of likely N-dealkylation sites (tertiary alicyclic amines) is 2. The maximum atomic E-state index is 13.9. The van der Waals surface area contributed by atoms with Gasteiger partial charge in [-0.1, -0.05) is 84.9 Å². The van der Waals surface area contributed by atoms with E-state index < -0.39 is 24.3 Å². The number of pyridine rings is 1. The van der Waals surface area contributed by atoms with Gasteiger partial charge in [0.1, 0.15) is 23.7 Å². The predicted molar refractivity (Wildman–Crippen MR) is 217 cm³/mol. The fraction of sp³-hybridized carbons (Fsp3) is 0.250. The Hall–Kier alpha value is -7.29. The number of carbonyl (C=O) groups excluding carboxylic acids is 3. The van der Waals surface area contributed by atoms with E-state index >= 15 is 0 Å². The molecule has 2 aliphatic rings. The zero-order valence-electron chi connectivity index (χ0n) is 32.2. The smallest absolute Gasteiger partial charge is 0.407 e. The molecule has 5 N–H and O–H groups in total. The predicted octanol–water partition coefficient (Wildman–Crippen LogP) is 6.96. The summed E-state index contributed by atoms with van der Waals surface area (Å²) in [4.78, 5) is 75.7. The van der Waals surface area contributed by atoms with Crippen LogP contribution in [0.15, 0.2) is 116 Å². The van der Waals surface area contributed by atoms with Crippen molar-refractivity contribution in [2.45, 2.75) is 49.9 Å². The molecule has 4 atom stereocenters. The number of aromatic nitrogens is 5. The molecule has 15 heteroatoms. The molecular weight excluding hydrogens is 751 g/mol. The molecule has 4 amide bonds. The molecule has 59 heavy (non-hydrogen) atoms. The highest BCUT2D eigenvalue weighted by molar-refractivity contribution is 5.88. The minimum Gasteiger partial charge on any atom is -0.465 e. The van der Waals surface area contributed by atoms with Gasteiger partial charge in [-0.05, 0) is 54.5 Å². The molecule has 300 valence electrons. The number of imidazole rings is 2. The van der Waals surface area contributed by atoms with Crippen molar-refractivity contribution in [2.24, 2.45) is 0 Å². The molecule has 2 saturated heterocycles. The van der Waals surface area contributed by atoms with Crippen molar-refractivity contribution < 1.29 is 29.0 Å². The summed E-state index contributed by atoms with van der Waals surface area (Å²) in [5.74, 6) is 0.765. The number of alkyl carbamates (subject to hydrolysis) is 1. The lowest BCUT2D eigenvalue weighted by Crippen LogP contribution is -2.42. The van der Waals surface area contributed by atoms with Crippen LogP contribution in [0.4, 0.5) is 9.59 Å². The number of amides is 4. The maximum absolute atomic E-state index is 13.9. The number of carbonyl (C=O) groups is 4. The standard InChI is InChI=1S/C44H43N9O6/c1-59-44(58)51-38(30-12-6-3-7-13-30)42(55)53-23-9-14-35(53)39-46-25-33(48-39)28-18-16-27(17-19-28)32-21-20-31(24-45-32)34-26-47-40(49-34)36-15-8-22-52(36)41(54)37(50-43(56)57)29-10-4-2-5-11-29/h2-7,10-13,16-21,24-26,35-38,50H,8-9,14-15,22-23H2,1H3,(H,46,48)(H,47,49)(H,51,58)(H,56,57)/t35-,36-,37+,38+/m0/s1. The highest BCUT2D eigenvalue weighted by Crippen LogP contribution is 2.36. The third-order valence-corrected chi connectivity index (χ3v) is 10.9. The minimum atomic E-state index is -1.27. The lowest BCUT2D eigenvalue weighted by molar-refractivity contribution is -0.135. The number of methoxy groups -OCH3 is 1. The van der Waals surface area contributed by atoms with Crippen LogP contribution in [0.2, 0.25) is 0 Å². The van der Waals surface area contributed by atoms with E-state index in [1.165, 1.54) is 7.11 Å². The van der Waals surface area contributed by atoms with Gasteiger partial charge < -0.3 is 40.2 Å². The highest BCUT2D eigenvalue weighted by atomic mass is 16.5. The van der Waals surface area contributed by atoms with Gasteiger partial charge >= 0.3 is 12.2 Å². The van der Waals surface area contributed by atoms with E-state index in [-0.39, 0.29) is 23.9 Å². The van der Waals surface area contributed by atoms with E-state index in [9.17, 15) is 24.3 Å². The van der Waals surface area contributed by atoms with Crippen molar-refractivity contribution in [1.29, 1.82) is 0 Å². The van der Waals surface area contributed by atoms with Gasteiger partial charge in [0.15, 0.2) is 0 Å². The molecule has 0 bridgehead atoms. The number of hydrogen-bond donors (Lipinski definition) is 5. The maximum Gasteiger partial charge on any atom is 0.407 e. The Morgan fingerprint density at radius 1 is 0.644 bits per heavy atom. The van der Waals surface area contributed by atoms with Crippen LogP contribution in [-0.4, -0.2) is 84.0 Å². The van der Waals surface area contributed by atoms with Gasteiger partial charge in [0, 0.05) is 30.4 Å². The Morgan fingerprint density at radius 2 is 1.14 bits per heavy atom. The van der Waals surface area contributed by atoms with E-state index in [0.717, 1.165) is 53.0 Å². The fourth-order valence-corrected chi connectivity index (χ4v) is 7.98. The number of hydrogen-bond acceptors (Lipinski definition) is 8. The summed E-state index contributed by atoms with van der Waals surface area (Å²) >= 11 is 0. The van der Waals surface area contributed by atoms with Crippen LogP contribution in [0.1, 0.15) is 72.6 Å². The van der Waals surface area contributed by atoms with Crippen molar-refractivity contribution in [2.75, 3.05) is 20.2 Å². The Balaban J connectivity index is 0.928. The van der Waals surface area contributed by atoms with Crippen LogP contribution < -0.4 is 10.6 Å². The number of H-pyrrole nitrogens is 2. The monoisotopic (exact) mass is 793 g/mol. The Labute approximate surface area is 339 Å². The van der Waals surface area contributed by atoms with Crippen molar-refractivity contribution in [3.63, 3.8) is 0 Å². The van der Waals surface area contributed by atoms with Crippen molar-refractivity contribution in [1.82, 2.24) is 45.4 Å². The Morgan fingerprint density at radius 3 is 1.63 bits per heavy atom. The van der Waals surface area contributed by atoms with Crippen LogP contribution in [-0.2, 0) is 14.3 Å². The summed E-state index contributed by atoms with van der Waals surface area (Å²) in [5.41, 5.74) is 6.27. The van der Waals surface area contributed by atoms with E-state index in [1.54, 1.807) is 52.7 Å². The molecule has 2 aliphatic heterocycles. The summed E-state index contributed by atoms with van der Waals surface area (Å²) in [5, 5.41) is 14.6. The van der Waals surface area contributed by atoms with E-state index in [4.69, 9.17) is 9.72 Å². The molecule has 3 aromatic heterocycles. The minimum absolute atomic E-state index is 0.227. The van der Waals surface area contributed by atoms with Gasteiger partial charge in [-0.2, -0.15) is 0 Å². The number of nitrogens with zero attached hydrogens (tertiary/aromatic N) is 5. The summed E-state index contributed by atoms with van der Waals surface area (Å²) in [6, 6.07) is 27.3. The molecule has 15 nitrogen and oxygen atoms in total. The number of benzene rings is 3. The van der Waals surface area contributed by atoms with Gasteiger partial charge in [0.05, 0.1) is 48.7 Å². The molecule has 0 radical (unpaired) electrons. The zero-order chi connectivity index (χ0) is 40.9. The molecular formula is C44H43N9O6. The summed E-state index contributed by atoms with van der Waals surface area (Å²) < 4.78 is 4.82. The molecule has 0 unspecified atom stereocenters. The second-order valence-electron chi connectivity index (χ2n) is 14.5. The summed E-state index contributed by atoms with van der Waals surface area (Å²) in [6.45, 7) is 1.03. The van der Waals surface area contributed by atoms with Gasteiger partial charge in [0.2, 0.25) is 0 Å². The zero-order valence-corrected chi connectivity index (χ0v) is 32.2. The van der Waals surface area contributed by atoms with Crippen molar-refractivity contribution in [3.8, 4) is 33.8 Å². The van der Waals surface area contributed by atoms with Crippen LogP contribution in [0.25, 0.3) is 33.8 Å². The first-order chi connectivity index (χ1) is 28.8. The number of rotatable bonds is 11. The molecule has 0 saturated carbocycles. The lowest BCUT2D eigenvalue weighted by Gasteiger charge is -2.28. The van der Waals surface area contributed by atoms with Crippen molar-refractivity contribution in [3.05, 3.63) is 138 Å². The highest BCUT2D eigenvalue weighted by Gasteiger charge is 2.38. The summed E-state index contributed by atoms with van der Waals surface area (Å²) in [7, 11) is 1.27. The van der Waals surface area contributed by atoms with Gasteiger partial charge in [-0.3, -0.25) is 14.6 Å². The number of ether oxygens (including phenoxy) is 1. The fourth-order valence-electron chi connectivity index (χ4n) is 7.98.